The molecule has 1 aromatic carbocycles. The molecule has 0 fully saturated rings. The normalized spacial score (nSPS) is 12.3. The van der Waals surface area contributed by atoms with Crippen LogP contribution in [0.5, 0.6) is 0 Å². The Morgan fingerprint density at radius 3 is 2.75 bits per heavy atom. The first-order chi connectivity index (χ1) is 9.43. The highest BCUT2D eigenvalue weighted by Gasteiger charge is 2.11. The lowest BCUT2D eigenvalue weighted by molar-refractivity contribution is 0.0663. The second-order valence-electron chi connectivity index (χ2n) is 4.83. The molecule has 1 atom stereocenters. The highest BCUT2D eigenvalue weighted by molar-refractivity contribution is 9.10. The Labute approximate surface area is 127 Å². The molecule has 1 unspecified atom stereocenters. The van der Waals surface area contributed by atoms with Gasteiger partial charge in [0, 0.05) is 23.8 Å². The molecule has 2 amide bonds. The number of aliphatic hydroxyl groups excluding tert-OH is 1. The van der Waals surface area contributed by atoms with Crippen molar-refractivity contribution < 1.29 is 14.6 Å². The molecule has 0 aliphatic rings. The predicted molar refractivity (Wildman–Crippen MR) is 83.1 cm³/mol. The molecular formula is C14H21BrN2O3. The van der Waals surface area contributed by atoms with Gasteiger partial charge in [-0.2, -0.15) is 0 Å². The van der Waals surface area contributed by atoms with Crippen molar-refractivity contribution in [3.63, 3.8) is 0 Å². The predicted octanol–water partition coefficient (Wildman–Crippen LogP) is 2.70. The van der Waals surface area contributed by atoms with E-state index in [4.69, 9.17) is 4.74 Å². The SMILES string of the molecule is COCC(O)CNC(=O)Nc1ccc(Br)cc1C(C)C. The van der Waals surface area contributed by atoms with Crippen LogP contribution >= 0.6 is 15.9 Å². The average molecular weight is 345 g/mol. The van der Waals surface area contributed by atoms with Crippen molar-refractivity contribution in [1.29, 1.82) is 0 Å². The van der Waals surface area contributed by atoms with E-state index in [1.165, 1.54) is 7.11 Å². The number of carbonyl (C=O) groups excluding carboxylic acids is 1. The smallest absolute Gasteiger partial charge is 0.319 e. The molecule has 20 heavy (non-hydrogen) atoms. The summed E-state index contributed by atoms with van der Waals surface area (Å²) in [6.45, 7) is 4.46. The van der Waals surface area contributed by atoms with E-state index < -0.39 is 6.10 Å². The fourth-order valence-corrected chi connectivity index (χ4v) is 2.13. The highest BCUT2D eigenvalue weighted by Crippen LogP contribution is 2.27. The third-order valence-corrected chi connectivity index (χ3v) is 3.23. The van der Waals surface area contributed by atoms with Crippen molar-refractivity contribution in [3.8, 4) is 0 Å². The van der Waals surface area contributed by atoms with Gasteiger partial charge in [-0.15, -0.1) is 0 Å². The Hall–Kier alpha value is -1.11. The fourth-order valence-electron chi connectivity index (χ4n) is 1.75. The molecule has 0 bridgehead atoms. The van der Waals surface area contributed by atoms with Crippen LogP contribution < -0.4 is 10.6 Å². The minimum absolute atomic E-state index is 0.146. The van der Waals surface area contributed by atoms with Crippen molar-refractivity contribution in [2.75, 3.05) is 25.6 Å². The molecule has 0 aliphatic heterocycles. The summed E-state index contributed by atoms with van der Waals surface area (Å²) >= 11 is 3.42. The van der Waals surface area contributed by atoms with Crippen LogP contribution in [0.15, 0.2) is 22.7 Å². The summed E-state index contributed by atoms with van der Waals surface area (Å²) in [6, 6.07) is 5.37. The largest absolute Gasteiger partial charge is 0.389 e. The van der Waals surface area contributed by atoms with Gasteiger partial charge >= 0.3 is 6.03 Å². The summed E-state index contributed by atoms with van der Waals surface area (Å²) < 4.78 is 5.77. The van der Waals surface area contributed by atoms with Gasteiger partial charge in [0.05, 0.1) is 12.7 Å². The van der Waals surface area contributed by atoms with E-state index in [1.807, 2.05) is 18.2 Å². The molecule has 0 radical (unpaired) electrons. The number of methoxy groups -OCH3 is 1. The molecule has 0 aliphatic carbocycles. The van der Waals surface area contributed by atoms with Gasteiger partial charge in [0.15, 0.2) is 0 Å². The van der Waals surface area contributed by atoms with Crippen LogP contribution in [0.2, 0.25) is 0 Å². The number of amides is 2. The molecule has 112 valence electrons. The van der Waals surface area contributed by atoms with Crippen LogP contribution in [0.25, 0.3) is 0 Å². The standard InChI is InChI=1S/C14H21BrN2O3/c1-9(2)12-6-10(15)4-5-13(12)17-14(19)16-7-11(18)8-20-3/h4-6,9,11,18H,7-8H2,1-3H3,(H2,16,17,19). The first-order valence-corrected chi connectivity index (χ1v) is 7.24. The number of urea groups is 1. The minimum Gasteiger partial charge on any atom is -0.389 e. The van der Waals surface area contributed by atoms with E-state index in [9.17, 15) is 9.90 Å². The Kier molecular flexibility index (Phi) is 6.98. The van der Waals surface area contributed by atoms with E-state index in [-0.39, 0.29) is 19.2 Å². The zero-order valence-corrected chi connectivity index (χ0v) is 13.5. The van der Waals surface area contributed by atoms with Gasteiger partial charge in [-0.25, -0.2) is 4.79 Å². The molecule has 1 rings (SSSR count). The molecule has 3 N–H and O–H groups in total. The molecule has 6 heteroatoms. The average Bonchev–Trinajstić information content (AvgIpc) is 2.38. The van der Waals surface area contributed by atoms with E-state index >= 15 is 0 Å². The zero-order chi connectivity index (χ0) is 15.1. The Morgan fingerprint density at radius 1 is 1.45 bits per heavy atom. The molecule has 0 aromatic heterocycles. The van der Waals surface area contributed by atoms with E-state index in [0.29, 0.717) is 5.92 Å². The summed E-state index contributed by atoms with van der Waals surface area (Å²) in [4.78, 5) is 11.8. The quantitative estimate of drug-likeness (QED) is 0.742. The molecule has 1 aromatic rings. The third-order valence-electron chi connectivity index (χ3n) is 2.74. The number of halogens is 1. The maximum atomic E-state index is 11.8. The van der Waals surface area contributed by atoms with Gasteiger partial charge in [0.1, 0.15) is 0 Å². The lowest BCUT2D eigenvalue weighted by atomic mass is 10.0. The van der Waals surface area contributed by atoms with E-state index in [0.717, 1.165) is 15.7 Å². The van der Waals surface area contributed by atoms with E-state index in [2.05, 4.69) is 40.4 Å². The zero-order valence-electron chi connectivity index (χ0n) is 11.9. The van der Waals surface area contributed by atoms with Gasteiger partial charge in [-0.05, 0) is 29.7 Å². The van der Waals surface area contributed by atoms with E-state index in [1.54, 1.807) is 0 Å². The fraction of sp³-hybridized carbons (Fsp3) is 0.500. The van der Waals surface area contributed by atoms with Crippen molar-refractivity contribution in [3.05, 3.63) is 28.2 Å². The molecule has 0 spiro atoms. The lowest BCUT2D eigenvalue weighted by Crippen LogP contribution is -2.37. The highest BCUT2D eigenvalue weighted by atomic mass is 79.9. The maximum Gasteiger partial charge on any atom is 0.319 e. The molecule has 5 nitrogen and oxygen atoms in total. The molecule has 0 saturated heterocycles. The molecule has 0 heterocycles. The monoisotopic (exact) mass is 344 g/mol. The van der Waals surface area contributed by atoms with Crippen LogP contribution in [0.1, 0.15) is 25.3 Å². The van der Waals surface area contributed by atoms with Gasteiger partial charge < -0.3 is 20.5 Å². The van der Waals surface area contributed by atoms with Crippen LogP contribution in [-0.2, 0) is 4.74 Å². The van der Waals surface area contributed by atoms with Crippen molar-refractivity contribution in [2.24, 2.45) is 0 Å². The summed E-state index contributed by atoms with van der Waals surface area (Å²) in [5.74, 6) is 0.293. The van der Waals surface area contributed by atoms with Crippen LogP contribution in [-0.4, -0.2) is 37.5 Å². The number of nitrogens with one attached hydrogen (secondary N) is 2. The number of anilines is 1. The number of hydrogen-bond donors (Lipinski definition) is 3. The summed E-state index contributed by atoms with van der Waals surface area (Å²) in [7, 11) is 1.50. The number of hydrogen-bond acceptors (Lipinski definition) is 3. The summed E-state index contributed by atoms with van der Waals surface area (Å²) in [5.41, 5.74) is 1.81. The Morgan fingerprint density at radius 2 is 2.15 bits per heavy atom. The van der Waals surface area contributed by atoms with Gasteiger partial charge in [-0.3, -0.25) is 0 Å². The van der Waals surface area contributed by atoms with Crippen LogP contribution in [0, 0.1) is 0 Å². The second kappa shape index (κ2) is 8.24. The number of ether oxygens (including phenoxy) is 1. The number of carbonyl (C=O) groups is 1. The van der Waals surface area contributed by atoms with Crippen molar-refractivity contribution in [2.45, 2.75) is 25.9 Å². The van der Waals surface area contributed by atoms with Crippen molar-refractivity contribution >= 4 is 27.6 Å². The molecule has 0 saturated carbocycles. The second-order valence-corrected chi connectivity index (χ2v) is 5.75. The minimum atomic E-state index is -0.708. The first-order valence-electron chi connectivity index (χ1n) is 6.45. The lowest BCUT2D eigenvalue weighted by Gasteiger charge is -2.16. The van der Waals surface area contributed by atoms with Crippen LogP contribution in [0.3, 0.4) is 0 Å². The number of rotatable bonds is 6. The first kappa shape index (κ1) is 16.9. The van der Waals surface area contributed by atoms with Crippen LogP contribution in [0.4, 0.5) is 10.5 Å². The number of aliphatic hydroxyl groups is 1. The third kappa shape index (κ3) is 5.48. The Bertz CT molecular complexity index is 452. The topological polar surface area (TPSA) is 70.6 Å². The number of benzene rings is 1. The van der Waals surface area contributed by atoms with Crippen molar-refractivity contribution in [1.82, 2.24) is 5.32 Å². The Balaban J connectivity index is 2.62. The van der Waals surface area contributed by atoms with Gasteiger partial charge in [0.2, 0.25) is 0 Å². The molecular weight excluding hydrogens is 324 g/mol. The summed E-state index contributed by atoms with van der Waals surface area (Å²) in [5, 5.41) is 14.9. The maximum absolute atomic E-state index is 11.8. The van der Waals surface area contributed by atoms with Gasteiger partial charge in [-0.1, -0.05) is 29.8 Å². The van der Waals surface area contributed by atoms with Gasteiger partial charge in [0.25, 0.3) is 0 Å². The summed E-state index contributed by atoms with van der Waals surface area (Å²) in [6.07, 6.45) is -0.708.